The van der Waals surface area contributed by atoms with Crippen molar-refractivity contribution in [2.45, 2.75) is 52.9 Å². The highest BCUT2D eigenvalue weighted by Gasteiger charge is 2.39. The van der Waals surface area contributed by atoms with Gasteiger partial charge in [-0.05, 0) is 26.7 Å². The van der Waals surface area contributed by atoms with Crippen LogP contribution in [-0.4, -0.2) is 31.1 Å². The molecule has 17 heavy (non-hydrogen) atoms. The first-order valence-corrected chi connectivity index (χ1v) is 6.33. The van der Waals surface area contributed by atoms with Crippen LogP contribution in [-0.2, 0) is 19.0 Å². The van der Waals surface area contributed by atoms with Gasteiger partial charge in [0.1, 0.15) is 0 Å². The van der Waals surface area contributed by atoms with Gasteiger partial charge in [0.25, 0.3) is 0 Å². The molecule has 0 aromatic heterocycles. The van der Waals surface area contributed by atoms with Crippen LogP contribution in [0.2, 0.25) is 0 Å². The lowest BCUT2D eigenvalue weighted by molar-refractivity contribution is -0.155. The van der Waals surface area contributed by atoms with Crippen molar-refractivity contribution in [3.05, 3.63) is 0 Å². The van der Waals surface area contributed by atoms with Gasteiger partial charge in [0.2, 0.25) is 0 Å². The molecule has 1 saturated heterocycles. The fraction of sp³-hybridized carbons (Fsp3) is 0.923. The maximum absolute atomic E-state index is 11.6. The molecule has 0 unspecified atom stereocenters. The summed E-state index contributed by atoms with van der Waals surface area (Å²) in [5, 5.41) is 0. The maximum atomic E-state index is 11.6. The van der Waals surface area contributed by atoms with Gasteiger partial charge in [0, 0.05) is 5.92 Å². The smallest absolute Gasteiger partial charge is 0.306 e. The summed E-state index contributed by atoms with van der Waals surface area (Å²) in [4.78, 5) is 11.6. The number of hydrogen-bond donors (Lipinski definition) is 0. The van der Waals surface area contributed by atoms with Gasteiger partial charge in [0.15, 0.2) is 5.79 Å². The Kier molecular flexibility index (Phi) is 4.95. The largest absolute Gasteiger partial charge is 0.466 e. The molecule has 1 aliphatic rings. The van der Waals surface area contributed by atoms with E-state index in [2.05, 4.69) is 13.8 Å². The molecular formula is C13H24O4. The van der Waals surface area contributed by atoms with E-state index in [0.717, 1.165) is 0 Å². The summed E-state index contributed by atoms with van der Waals surface area (Å²) >= 11 is 0. The predicted octanol–water partition coefficient (Wildman–Crippen LogP) is 2.36. The van der Waals surface area contributed by atoms with Crippen molar-refractivity contribution in [3.8, 4) is 0 Å². The lowest BCUT2D eigenvalue weighted by Crippen LogP contribution is -2.32. The number of ether oxygens (including phenoxy) is 3. The minimum Gasteiger partial charge on any atom is -0.466 e. The molecule has 100 valence electrons. The quantitative estimate of drug-likeness (QED) is 0.696. The molecule has 1 heterocycles. The Labute approximate surface area is 104 Å². The molecule has 0 bridgehead atoms. The zero-order valence-electron chi connectivity index (χ0n) is 11.5. The normalized spacial score (nSPS) is 24.9. The van der Waals surface area contributed by atoms with Gasteiger partial charge in [-0.25, -0.2) is 0 Å². The Morgan fingerprint density at radius 2 is 2.12 bits per heavy atom. The zero-order valence-corrected chi connectivity index (χ0v) is 11.5. The summed E-state index contributed by atoms with van der Waals surface area (Å²) in [5.41, 5.74) is 0. The molecular weight excluding hydrogens is 220 g/mol. The van der Waals surface area contributed by atoms with Crippen LogP contribution in [0.3, 0.4) is 0 Å². The SMILES string of the molecule is CCOC(=O)C[C@@H](C(C)C)[C@H]1COC(C)(C)O1. The molecule has 0 saturated carbocycles. The van der Waals surface area contributed by atoms with E-state index < -0.39 is 5.79 Å². The standard InChI is InChI=1S/C13H24O4/c1-6-15-12(14)7-10(9(2)3)11-8-16-13(4,5)17-11/h9-11H,6-8H2,1-5H3/t10-,11+/m0/s1. The Morgan fingerprint density at radius 3 is 2.53 bits per heavy atom. The first-order valence-electron chi connectivity index (χ1n) is 6.33. The third-order valence-corrected chi connectivity index (χ3v) is 3.07. The van der Waals surface area contributed by atoms with Crippen LogP contribution in [0.25, 0.3) is 0 Å². The molecule has 2 atom stereocenters. The Bertz CT molecular complexity index is 260. The minimum atomic E-state index is -0.535. The van der Waals surface area contributed by atoms with E-state index in [1.165, 1.54) is 0 Å². The summed E-state index contributed by atoms with van der Waals surface area (Å²) in [5.74, 6) is -0.177. The Morgan fingerprint density at radius 1 is 1.47 bits per heavy atom. The predicted molar refractivity (Wildman–Crippen MR) is 64.5 cm³/mol. The number of esters is 1. The van der Waals surface area contributed by atoms with Gasteiger partial charge >= 0.3 is 5.97 Å². The summed E-state index contributed by atoms with van der Waals surface area (Å²) in [6, 6.07) is 0. The third-order valence-electron chi connectivity index (χ3n) is 3.07. The maximum Gasteiger partial charge on any atom is 0.306 e. The van der Waals surface area contributed by atoms with E-state index in [0.29, 0.717) is 25.6 Å². The molecule has 0 aromatic rings. The molecule has 4 heteroatoms. The second-order valence-electron chi connectivity index (χ2n) is 5.28. The zero-order chi connectivity index (χ0) is 13.1. The van der Waals surface area contributed by atoms with Crippen molar-refractivity contribution >= 4 is 5.97 Å². The van der Waals surface area contributed by atoms with Crippen LogP contribution in [0.15, 0.2) is 0 Å². The average molecular weight is 244 g/mol. The van der Waals surface area contributed by atoms with E-state index in [1.54, 1.807) is 0 Å². The summed E-state index contributed by atoms with van der Waals surface area (Å²) in [7, 11) is 0. The van der Waals surface area contributed by atoms with Crippen molar-refractivity contribution in [1.29, 1.82) is 0 Å². The summed E-state index contributed by atoms with van der Waals surface area (Å²) in [6.45, 7) is 10.8. The molecule has 0 aliphatic carbocycles. The Balaban J connectivity index is 2.58. The molecule has 4 nitrogen and oxygen atoms in total. The molecule has 0 N–H and O–H groups in total. The van der Waals surface area contributed by atoms with Crippen LogP contribution in [0, 0.1) is 11.8 Å². The van der Waals surface area contributed by atoms with Crippen molar-refractivity contribution in [1.82, 2.24) is 0 Å². The molecule has 0 aromatic carbocycles. The summed E-state index contributed by atoms with van der Waals surface area (Å²) < 4.78 is 16.4. The first kappa shape index (κ1) is 14.5. The Hall–Kier alpha value is -0.610. The van der Waals surface area contributed by atoms with Crippen LogP contribution in [0.5, 0.6) is 0 Å². The van der Waals surface area contributed by atoms with Gasteiger partial charge in [-0.3, -0.25) is 4.79 Å². The fourth-order valence-electron chi connectivity index (χ4n) is 2.14. The van der Waals surface area contributed by atoms with Crippen molar-refractivity contribution in [2.75, 3.05) is 13.2 Å². The molecule has 1 aliphatic heterocycles. The second-order valence-corrected chi connectivity index (χ2v) is 5.28. The van der Waals surface area contributed by atoms with Gasteiger partial charge in [-0.2, -0.15) is 0 Å². The van der Waals surface area contributed by atoms with E-state index in [4.69, 9.17) is 14.2 Å². The second kappa shape index (κ2) is 5.83. The average Bonchev–Trinajstić information content (AvgIpc) is 2.55. The number of hydrogen-bond acceptors (Lipinski definition) is 4. The number of rotatable bonds is 5. The molecule has 1 rings (SSSR count). The number of carbonyl (C=O) groups is 1. The van der Waals surface area contributed by atoms with Crippen LogP contribution in [0.4, 0.5) is 0 Å². The van der Waals surface area contributed by atoms with E-state index in [9.17, 15) is 4.79 Å². The van der Waals surface area contributed by atoms with Crippen LogP contribution >= 0.6 is 0 Å². The highest BCUT2D eigenvalue weighted by atomic mass is 16.7. The van der Waals surface area contributed by atoms with Gasteiger partial charge in [-0.15, -0.1) is 0 Å². The molecule has 0 spiro atoms. The molecule has 0 radical (unpaired) electrons. The van der Waals surface area contributed by atoms with E-state index in [-0.39, 0.29) is 18.0 Å². The minimum absolute atomic E-state index is 0.0191. The lowest BCUT2D eigenvalue weighted by Gasteiger charge is -2.26. The van der Waals surface area contributed by atoms with Crippen LogP contribution in [0.1, 0.15) is 41.0 Å². The van der Waals surface area contributed by atoms with Gasteiger partial charge in [-0.1, -0.05) is 13.8 Å². The van der Waals surface area contributed by atoms with Gasteiger partial charge < -0.3 is 14.2 Å². The van der Waals surface area contributed by atoms with Crippen molar-refractivity contribution in [3.63, 3.8) is 0 Å². The first-order chi connectivity index (χ1) is 7.85. The van der Waals surface area contributed by atoms with Crippen LogP contribution < -0.4 is 0 Å². The lowest BCUT2D eigenvalue weighted by atomic mass is 9.87. The van der Waals surface area contributed by atoms with E-state index in [1.807, 2.05) is 20.8 Å². The van der Waals surface area contributed by atoms with Crippen molar-refractivity contribution in [2.24, 2.45) is 11.8 Å². The molecule has 1 fully saturated rings. The van der Waals surface area contributed by atoms with Gasteiger partial charge in [0.05, 0.1) is 25.7 Å². The highest BCUT2D eigenvalue weighted by Crippen LogP contribution is 2.32. The molecule has 0 amide bonds. The monoisotopic (exact) mass is 244 g/mol. The number of carbonyl (C=O) groups excluding carboxylic acids is 1. The van der Waals surface area contributed by atoms with E-state index >= 15 is 0 Å². The topological polar surface area (TPSA) is 44.8 Å². The summed E-state index contributed by atoms with van der Waals surface area (Å²) in [6.07, 6.45) is 0.379. The van der Waals surface area contributed by atoms with Crippen molar-refractivity contribution < 1.29 is 19.0 Å². The third kappa shape index (κ3) is 4.28. The fourth-order valence-corrected chi connectivity index (χ4v) is 2.14. The highest BCUT2D eigenvalue weighted by molar-refractivity contribution is 5.69.